The van der Waals surface area contributed by atoms with E-state index < -0.39 is 23.8 Å². The fourth-order valence-corrected chi connectivity index (χ4v) is 4.04. The van der Waals surface area contributed by atoms with E-state index in [1.807, 2.05) is 30.3 Å². The molecule has 0 N–H and O–H groups in total. The first-order valence-corrected chi connectivity index (χ1v) is 12.7. The molecule has 6 nitrogen and oxygen atoms in total. The van der Waals surface area contributed by atoms with Crippen LogP contribution in [0.2, 0.25) is 0 Å². The number of alkyl halides is 3. The average molecular weight is 544 g/mol. The number of esters is 1. The van der Waals surface area contributed by atoms with Crippen LogP contribution >= 0.6 is 0 Å². The Bertz CT molecular complexity index is 1260. The molecule has 0 spiro atoms. The molecule has 9 heteroatoms. The molecule has 0 radical (unpaired) electrons. The summed E-state index contributed by atoms with van der Waals surface area (Å²) in [6.45, 7) is 5.91. The molecular weight excluding hydrogens is 511 g/mol. The van der Waals surface area contributed by atoms with Gasteiger partial charge in [0.25, 0.3) is 0 Å². The number of ether oxygens (including phenoxy) is 3. The van der Waals surface area contributed by atoms with Gasteiger partial charge in [-0.3, -0.25) is 4.79 Å². The van der Waals surface area contributed by atoms with Crippen molar-refractivity contribution in [2.45, 2.75) is 46.5 Å². The predicted molar refractivity (Wildman–Crippen MR) is 141 cm³/mol. The predicted octanol–water partition coefficient (Wildman–Crippen LogP) is 7.04. The molecule has 0 aliphatic heterocycles. The first-order chi connectivity index (χ1) is 18.7. The van der Waals surface area contributed by atoms with Gasteiger partial charge in [-0.1, -0.05) is 42.5 Å². The fourth-order valence-electron chi connectivity index (χ4n) is 4.04. The Hall–Kier alpha value is -4.01. The summed E-state index contributed by atoms with van der Waals surface area (Å²) in [5.74, 6) is 0.0272. The van der Waals surface area contributed by atoms with E-state index in [1.54, 1.807) is 39.0 Å². The molecule has 0 aromatic heterocycles. The van der Waals surface area contributed by atoms with Gasteiger partial charge in [0.1, 0.15) is 12.4 Å². The smallest absolute Gasteiger partial charge is 0.416 e. The summed E-state index contributed by atoms with van der Waals surface area (Å²) in [5.41, 5.74) is 1.80. The molecule has 0 heterocycles. The van der Waals surface area contributed by atoms with Crippen LogP contribution in [0.3, 0.4) is 0 Å². The Labute approximate surface area is 226 Å². The maximum absolute atomic E-state index is 13.7. The number of carbonyl (C=O) groups excluding carboxylic acids is 2. The molecule has 3 aromatic rings. The van der Waals surface area contributed by atoms with Crippen molar-refractivity contribution < 1.29 is 37.0 Å². The number of nitrogens with zero attached hydrogens (tertiary/aromatic N) is 1. The van der Waals surface area contributed by atoms with Crippen LogP contribution in [0.5, 0.6) is 5.75 Å². The Morgan fingerprint density at radius 1 is 0.821 bits per heavy atom. The number of carbonyl (C=O) groups is 2. The molecule has 0 unspecified atom stereocenters. The summed E-state index contributed by atoms with van der Waals surface area (Å²) in [7, 11) is 0. The molecule has 39 heavy (non-hydrogen) atoms. The third-order valence-corrected chi connectivity index (χ3v) is 5.93. The van der Waals surface area contributed by atoms with Gasteiger partial charge in [-0.2, -0.15) is 13.2 Å². The van der Waals surface area contributed by atoms with E-state index in [0.717, 1.165) is 17.7 Å². The molecule has 0 atom stereocenters. The second-order valence-electron chi connectivity index (χ2n) is 8.67. The highest BCUT2D eigenvalue weighted by Gasteiger charge is 2.32. The Balaban J connectivity index is 2.00. The minimum atomic E-state index is -4.58. The molecule has 3 rings (SSSR count). The van der Waals surface area contributed by atoms with E-state index in [9.17, 15) is 22.8 Å². The van der Waals surface area contributed by atoms with Gasteiger partial charge in [0.15, 0.2) is 0 Å². The zero-order chi connectivity index (χ0) is 28.4. The van der Waals surface area contributed by atoms with Gasteiger partial charge in [-0.25, -0.2) is 4.79 Å². The highest BCUT2D eigenvalue weighted by molar-refractivity contribution is 5.78. The Kier molecular flexibility index (Phi) is 10.4. The van der Waals surface area contributed by atoms with Gasteiger partial charge < -0.3 is 19.1 Å². The second kappa shape index (κ2) is 13.7. The van der Waals surface area contributed by atoms with E-state index in [-0.39, 0.29) is 38.3 Å². The maximum Gasteiger partial charge on any atom is 0.416 e. The number of halogens is 3. The number of hydrogen-bond donors (Lipinski definition) is 0. The van der Waals surface area contributed by atoms with Crippen molar-refractivity contribution in [1.82, 2.24) is 4.90 Å². The van der Waals surface area contributed by atoms with Gasteiger partial charge in [0.05, 0.1) is 25.2 Å². The molecule has 3 aromatic carbocycles. The standard InChI is InChI=1S/C30H32F3NO5/c1-4-34(29(36)39-20-21-10-8-7-9-11-21)19-23-18-24(30(31,32)33)13-14-25(23)26-16-22(17-28(35)38-6-3)12-15-27(26)37-5-2/h7-16,18H,4-6,17,19-20H2,1-3H3. The Morgan fingerprint density at radius 3 is 2.21 bits per heavy atom. The third kappa shape index (κ3) is 8.24. The monoisotopic (exact) mass is 543 g/mol. The van der Waals surface area contributed by atoms with E-state index in [4.69, 9.17) is 14.2 Å². The summed E-state index contributed by atoms with van der Waals surface area (Å²) in [5, 5.41) is 0. The molecule has 0 bridgehead atoms. The maximum atomic E-state index is 13.7. The molecular formula is C30H32F3NO5. The van der Waals surface area contributed by atoms with Gasteiger partial charge in [-0.15, -0.1) is 0 Å². The van der Waals surface area contributed by atoms with Crippen LogP contribution in [-0.4, -0.2) is 36.7 Å². The Morgan fingerprint density at radius 2 is 1.56 bits per heavy atom. The molecule has 0 fully saturated rings. The summed E-state index contributed by atoms with van der Waals surface area (Å²) in [4.78, 5) is 26.3. The summed E-state index contributed by atoms with van der Waals surface area (Å²) in [6.07, 6.45) is -5.23. The van der Waals surface area contributed by atoms with E-state index in [1.165, 1.54) is 11.0 Å². The van der Waals surface area contributed by atoms with E-state index in [0.29, 0.717) is 29.0 Å². The summed E-state index contributed by atoms with van der Waals surface area (Å²) < 4.78 is 57.3. The van der Waals surface area contributed by atoms with Crippen molar-refractivity contribution in [3.8, 4) is 16.9 Å². The van der Waals surface area contributed by atoms with Crippen molar-refractivity contribution in [2.75, 3.05) is 19.8 Å². The SMILES string of the molecule is CCOC(=O)Cc1ccc(OCC)c(-c2ccc(C(F)(F)F)cc2CN(CC)C(=O)OCc2ccccc2)c1. The first-order valence-electron chi connectivity index (χ1n) is 12.7. The zero-order valence-corrected chi connectivity index (χ0v) is 22.2. The largest absolute Gasteiger partial charge is 0.493 e. The average Bonchev–Trinajstić information content (AvgIpc) is 2.91. The van der Waals surface area contributed by atoms with Crippen LogP contribution in [0, 0.1) is 0 Å². The third-order valence-electron chi connectivity index (χ3n) is 5.93. The van der Waals surface area contributed by atoms with Gasteiger partial charge >= 0.3 is 18.2 Å². The molecule has 0 aliphatic rings. The van der Waals surface area contributed by atoms with Crippen molar-refractivity contribution in [1.29, 1.82) is 0 Å². The molecule has 0 saturated heterocycles. The van der Waals surface area contributed by atoms with Crippen molar-refractivity contribution in [3.63, 3.8) is 0 Å². The first kappa shape index (κ1) is 29.5. The highest BCUT2D eigenvalue weighted by atomic mass is 19.4. The van der Waals surface area contributed by atoms with Gasteiger partial charge in [0, 0.05) is 18.7 Å². The topological polar surface area (TPSA) is 65.1 Å². The fraction of sp³-hybridized carbons (Fsp3) is 0.333. The molecule has 1 amide bonds. The number of amides is 1. The van der Waals surface area contributed by atoms with E-state index >= 15 is 0 Å². The minimum Gasteiger partial charge on any atom is -0.493 e. The van der Waals surface area contributed by atoms with E-state index in [2.05, 4.69) is 0 Å². The lowest BCUT2D eigenvalue weighted by atomic mass is 9.94. The summed E-state index contributed by atoms with van der Waals surface area (Å²) in [6, 6.07) is 17.6. The van der Waals surface area contributed by atoms with Crippen LogP contribution in [-0.2, 0) is 40.0 Å². The molecule has 0 aliphatic carbocycles. The number of benzene rings is 3. The lowest BCUT2D eigenvalue weighted by Crippen LogP contribution is -2.31. The van der Waals surface area contributed by atoms with Gasteiger partial charge in [0.2, 0.25) is 0 Å². The van der Waals surface area contributed by atoms with Crippen LogP contribution in [0.25, 0.3) is 11.1 Å². The minimum absolute atomic E-state index is 0.00386. The van der Waals surface area contributed by atoms with Crippen LogP contribution in [0.1, 0.15) is 43.0 Å². The van der Waals surface area contributed by atoms with Crippen LogP contribution in [0.4, 0.5) is 18.0 Å². The van der Waals surface area contributed by atoms with Gasteiger partial charge in [-0.05, 0) is 67.3 Å². The van der Waals surface area contributed by atoms with Crippen LogP contribution < -0.4 is 4.74 Å². The highest BCUT2D eigenvalue weighted by Crippen LogP contribution is 2.38. The quantitative estimate of drug-likeness (QED) is 0.243. The number of hydrogen-bond acceptors (Lipinski definition) is 5. The normalized spacial score (nSPS) is 11.1. The second-order valence-corrected chi connectivity index (χ2v) is 8.67. The lowest BCUT2D eigenvalue weighted by Gasteiger charge is -2.24. The van der Waals surface area contributed by atoms with Crippen molar-refractivity contribution in [3.05, 3.63) is 89.0 Å². The molecule has 0 saturated carbocycles. The van der Waals surface area contributed by atoms with Crippen molar-refractivity contribution in [2.24, 2.45) is 0 Å². The molecule has 208 valence electrons. The zero-order valence-electron chi connectivity index (χ0n) is 22.2. The summed E-state index contributed by atoms with van der Waals surface area (Å²) >= 11 is 0. The van der Waals surface area contributed by atoms with Crippen LogP contribution in [0.15, 0.2) is 66.7 Å². The lowest BCUT2D eigenvalue weighted by molar-refractivity contribution is -0.142. The number of rotatable bonds is 11. The van der Waals surface area contributed by atoms with Crippen molar-refractivity contribution >= 4 is 12.1 Å².